The maximum absolute atomic E-state index is 13.4. The summed E-state index contributed by atoms with van der Waals surface area (Å²) in [5.41, 5.74) is 2.59. The van der Waals surface area contributed by atoms with E-state index in [0.29, 0.717) is 23.8 Å². The van der Waals surface area contributed by atoms with Crippen molar-refractivity contribution in [2.75, 3.05) is 13.1 Å². The molecule has 0 bridgehead atoms. The van der Waals surface area contributed by atoms with Crippen LogP contribution in [0.1, 0.15) is 49.1 Å². The lowest BCUT2D eigenvalue weighted by atomic mass is 9.76. The van der Waals surface area contributed by atoms with Crippen molar-refractivity contribution in [1.82, 2.24) is 10.2 Å². The largest absolute Gasteiger partial charge is 0.352 e. The Bertz CT molecular complexity index is 803. The molecule has 3 aliphatic rings. The molecule has 0 aromatic heterocycles. The second kappa shape index (κ2) is 8.31. The Morgan fingerprint density at radius 1 is 0.897 bits per heavy atom. The van der Waals surface area contributed by atoms with Crippen LogP contribution in [-0.4, -0.2) is 29.9 Å². The van der Waals surface area contributed by atoms with Crippen LogP contribution in [0.3, 0.4) is 0 Å². The number of hydrogen-bond donors (Lipinski definition) is 1. The molecule has 1 heterocycles. The van der Waals surface area contributed by atoms with E-state index in [1.165, 1.54) is 43.2 Å². The van der Waals surface area contributed by atoms with E-state index < -0.39 is 0 Å². The predicted octanol–water partition coefficient (Wildman–Crippen LogP) is 4.60. The molecular formula is C26H32N2O. The van der Waals surface area contributed by atoms with Crippen LogP contribution < -0.4 is 5.32 Å². The molecule has 1 saturated heterocycles. The third kappa shape index (κ3) is 4.11. The lowest BCUT2D eigenvalue weighted by molar-refractivity contribution is -0.124. The summed E-state index contributed by atoms with van der Waals surface area (Å²) in [6.45, 7) is 3.26. The number of carbonyl (C=O) groups excluding carboxylic acids is 1. The molecule has 1 aliphatic heterocycles. The summed E-state index contributed by atoms with van der Waals surface area (Å²) in [6.07, 6.45) is 6.24. The number of hydrogen-bond acceptors (Lipinski definition) is 2. The number of carbonyl (C=O) groups is 1. The average Bonchev–Trinajstić information content (AvgIpc) is 3.19. The lowest BCUT2D eigenvalue weighted by Gasteiger charge is -2.30. The molecule has 3 heteroatoms. The normalized spacial score (nSPS) is 27.9. The predicted molar refractivity (Wildman–Crippen MR) is 116 cm³/mol. The van der Waals surface area contributed by atoms with Gasteiger partial charge in [-0.1, -0.05) is 79.9 Å². The van der Waals surface area contributed by atoms with E-state index in [1.807, 2.05) is 6.07 Å². The Kier molecular flexibility index (Phi) is 5.41. The molecule has 4 atom stereocenters. The van der Waals surface area contributed by atoms with Crippen LogP contribution in [0.25, 0.3) is 0 Å². The molecule has 2 aromatic rings. The SMILES string of the molecule is O=C(N[C@H]1C2CN(Cc3ccccc3)C[C@@H]21)[C@H](c1ccccc1)C1CCCCC1. The maximum atomic E-state index is 13.4. The summed E-state index contributed by atoms with van der Waals surface area (Å²) >= 11 is 0. The molecule has 3 nitrogen and oxygen atoms in total. The van der Waals surface area contributed by atoms with E-state index in [9.17, 15) is 4.79 Å². The summed E-state index contributed by atoms with van der Waals surface area (Å²) in [5, 5.41) is 3.47. The zero-order chi connectivity index (χ0) is 19.6. The summed E-state index contributed by atoms with van der Waals surface area (Å²) in [5.74, 6) is 2.09. The third-order valence-electron chi connectivity index (χ3n) is 7.39. The minimum absolute atomic E-state index is 0.0262. The van der Waals surface area contributed by atoms with Gasteiger partial charge in [-0.25, -0.2) is 0 Å². The number of likely N-dealkylation sites (tertiary alicyclic amines) is 1. The van der Waals surface area contributed by atoms with Crippen LogP contribution in [0.4, 0.5) is 0 Å². The number of benzene rings is 2. The van der Waals surface area contributed by atoms with Crippen LogP contribution in [0.2, 0.25) is 0 Å². The zero-order valence-corrected chi connectivity index (χ0v) is 17.2. The van der Waals surface area contributed by atoms with E-state index in [0.717, 1.165) is 19.6 Å². The molecule has 2 aliphatic carbocycles. The number of nitrogens with zero attached hydrogens (tertiary/aromatic N) is 1. The van der Waals surface area contributed by atoms with Gasteiger partial charge in [0.2, 0.25) is 5.91 Å². The van der Waals surface area contributed by atoms with Crippen LogP contribution in [0.15, 0.2) is 60.7 Å². The quantitative estimate of drug-likeness (QED) is 0.784. The highest BCUT2D eigenvalue weighted by molar-refractivity contribution is 5.84. The molecule has 1 unspecified atom stereocenters. The van der Waals surface area contributed by atoms with E-state index >= 15 is 0 Å². The Hall–Kier alpha value is -2.13. The monoisotopic (exact) mass is 388 g/mol. The molecule has 2 saturated carbocycles. The zero-order valence-electron chi connectivity index (χ0n) is 17.2. The Labute approximate surface area is 174 Å². The second-order valence-electron chi connectivity index (χ2n) is 9.33. The first-order valence-electron chi connectivity index (χ1n) is 11.4. The van der Waals surface area contributed by atoms with Gasteiger partial charge in [0.15, 0.2) is 0 Å². The van der Waals surface area contributed by atoms with Crippen molar-refractivity contribution in [2.45, 2.75) is 50.6 Å². The fraction of sp³-hybridized carbons (Fsp3) is 0.500. The van der Waals surface area contributed by atoms with E-state index in [4.69, 9.17) is 0 Å². The first-order chi connectivity index (χ1) is 14.3. The van der Waals surface area contributed by atoms with Gasteiger partial charge in [-0.05, 0) is 41.7 Å². The Morgan fingerprint density at radius 3 is 2.17 bits per heavy atom. The van der Waals surface area contributed by atoms with Gasteiger partial charge in [0.05, 0.1) is 5.92 Å². The van der Waals surface area contributed by atoms with Crippen molar-refractivity contribution in [3.63, 3.8) is 0 Å². The van der Waals surface area contributed by atoms with Gasteiger partial charge in [-0.3, -0.25) is 9.69 Å². The average molecular weight is 389 g/mol. The summed E-state index contributed by atoms with van der Waals surface area (Å²) in [6, 6.07) is 21.6. The number of amides is 1. The van der Waals surface area contributed by atoms with E-state index in [-0.39, 0.29) is 11.8 Å². The minimum Gasteiger partial charge on any atom is -0.352 e. The molecular weight excluding hydrogens is 356 g/mol. The highest BCUT2D eigenvalue weighted by Crippen LogP contribution is 2.46. The van der Waals surface area contributed by atoms with Crippen LogP contribution >= 0.6 is 0 Å². The molecule has 3 fully saturated rings. The lowest BCUT2D eigenvalue weighted by Crippen LogP contribution is -2.39. The molecule has 1 amide bonds. The molecule has 152 valence electrons. The number of nitrogens with one attached hydrogen (secondary N) is 1. The molecule has 29 heavy (non-hydrogen) atoms. The number of fused-ring (bicyclic) bond motifs is 1. The molecule has 5 rings (SSSR count). The molecule has 0 spiro atoms. The van der Waals surface area contributed by atoms with Crippen molar-refractivity contribution in [2.24, 2.45) is 17.8 Å². The van der Waals surface area contributed by atoms with Gasteiger partial charge in [0.1, 0.15) is 0 Å². The number of piperidine rings is 1. The van der Waals surface area contributed by atoms with Gasteiger partial charge < -0.3 is 5.32 Å². The third-order valence-corrected chi connectivity index (χ3v) is 7.39. The summed E-state index contributed by atoms with van der Waals surface area (Å²) in [4.78, 5) is 15.9. The topological polar surface area (TPSA) is 32.3 Å². The van der Waals surface area contributed by atoms with Gasteiger partial charge in [0.25, 0.3) is 0 Å². The molecule has 0 radical (unpaired) electrons. The Morgan fingerprint density at radius 2 is 1.52 bits per heavy atom. The fourth-order valence-electron chi connectivity index (χ4n) is 5.82. The maximum Gasteiger partial charge on any atom is 0.228 e. The van der Waals surface area contributed by atoms with Crippen molar-refractivity contribution < 1.29 is 4.79 Å². The van der Waals surface area contributed by atoms with Crippen molar-refractivity contribution in [3.05, 3.63) is 71.8 Å². The van der Waals surface area contributed by atoms with Gasteiger partial charge in [-0.2, -0.15) is 0 Å². The first-order valence-corrected chi connectivity index (χ1v) is 11.4. The highest BCUT2D eigenvalue weighted by atomic mass is 16.2. The van der Waals surface area contributed by atoms with Crippen LogP contribution in [0.5, 0.6) is 0 Å². The minimum atomic E-state index is 0.0262. The van der Waals surface area contributed by atoms with Crippen LogP contribution in [-0.2, 0) is 11.3 Å². The van der Waals surface area contributed by atoms with Crippen LogP contribution in [0, 0.1) is 17.8 Å². The van der Waals surface area contributed by atoms with Crippen molar-refractivity contribution in [1.29, 1.82) is 0 Å². The number of rotatable bonds is 6. The Balaban J connectivity index is 1.20. The summed E-state index contributed by atoms with van der Waals surface area (Å²) < 4.78 is 0. The summed E-state index contributed by atoms with van der Waals surface area (Å²) in [7, 11) is 0. The second-order valence-corrected chi connectivity index (χ2v) is 9.33. The van der Waals surface area contributed by atoms with E-state index in [2.05, 4.69) is 64.8 Å². The highest BCUT2D eigenvalue weighted by Gasteiger charge is 2.56. The van der Waals surface area contributed by atoms with Crippen molar-refractivity contribution in [3.8, 4) is 0 Å². The van der Waals surface area contributed by atoms with Gasteiger partial charge >= 0.3 is 0 Å². The van der Waals surface area contributed by atoms with Gasteiger partial charge in [-0.15, -0.1) is 0 Å². The fourth-order valence-corrected chi connectivity index (χ4v) is 5.82. The standard InChI is InChI=1S/C26H32N2O/c29-26(24(20-12-6-2-7-13-20)21-14-8-3-9-15-21)27-25-22-17-28(18-23(22)25)16-19-10-4-1-5-11-19/h1-2,4-7,10-13,21-25H,3,8-9,14-18H2,(H,27,29)/t22-,23?,24+,25+/m0/s1. The van der Waals surface area contributed by atoms with E-state index in [1.54, 1.807) is 0 Å². The van der Waals surface area contributed by atoms with Crippen molar-refractivity contribution >= 4 is 5.91 Å². The van der Waals surface area contributed by atoms with Gasteiger partial charge in [0, 0.05) is 25.7 Å². The first kappa shape index (κ1) is 18.9. The molecule has 1 N–H and O–H groups in total. The molecule has 2 aromatic carbocycles. The smallest absolute Gasteiger partial charge is 0.228 e.